The summed E-state index contributed by atoms with van der Waals surface area (Å²) >= 11 is 3.60. The predicted octanol–water partition coefficient (Wildman–Crippen LogP) is 5.17. The standard InChI is InChI=1S/C26H28FN5O3S/c1-3-13-34-14-11-29-25(33)21-9-6-19(15-17(21)2)31-23-24-30-16-22(32(24)12-10-28-23)18-4-7-20(8-5-18)35-26(27)36/h4-10,12,15-16,26,36H,3,11,13-14H2,1-2H3,(H,28,31)(H,29,33). The normalized spacial score (nSPS) is 11.9. The SMILES string of the molecule is CCCOCCNC(=O)c1ccc(Nc2nccn3c(-c4ccc(OC(F)S)cc4)cnc23)cc1C. The van der Waals surface area contributed by atoms with Gasteiger partial charge in [0.2, 0.25) is 0 Å². The number of aryl methyl sites for hydroxylation is 1. The molecule has 0 bridgehead atoms. The van der Waals surface area contributed by atoms with Crippen LogP contribution in [0.3, 0.4) is 0 Å². The van der Waals surface area contributed by atoms with Crippen LogP contribution in [0, 0.1) is 6.92 Å². The van der Waals surface area contributed by atoms with Crippen molar-refractivity contribution in [2.45, 2.75) is 26.0 Å². The first-order valence-electron chi connectivity index (χ1n) is 11.6. The maximum absolute atomic E-state index is 13.0. The van der Waals surface area contributed by atoms with Crippen molar-refractivity contribution in [1.82, 2.24) is 19.7 Å². The van der Waals surface area contributed by atoms with Crippen LogP contribution in [-0.4, -0.2) is 45.7 Å². The van der Waals surface area contributed by atoms with Gasteiger partial charge in [0.1, 0.15) is 5.75 Å². The van der Waals surface area contributed by atoms with Crippen molar-refractivity contribution < 1.29 is 18.7 Å². The van der Waals surface area contributed by atoms with Crippen molar-refractivity contribution in [1.29, 1.82) is 0 Å². The highest BCUT2D eigenvalue weighted by molar-refractivity contribution is 7.80. The quantitative estimate of drug-likeness (QED) is 0.147. The summed E-state index contributed by atoms with van der Waals surface area (Å²) in [5.41, 5.74) is 2.91. The number of alkyl halides is 1. The monoisotopic (exact) mass is 509 g/mol. The molecule has 2 aromatic heterocycles. The number of nitrogens with one attached hydrogen (secondary N) is 2. The van der Waals surface area contributed by atoms with Crippen LogP contribution in [0.1, 0.15) is 29.3 Å². The van der Waals surface area contributed by atoms with E-state index < -0.39 is 5.69 Å². The second-order valence-corrected chi connectivity index (χ2v) is 8.48. The summed E-state index contributed by atoms with van der Waals surface area (Å²) in [4.78, 5) is 21.5. The summed E-state index contributed by atoms with van der Waals surface area (Å²) in [6, 6.07) is 12.5. The van der Waals surface area contributed by atoms with Gasteiger partial charge < -0.3 is 20.1 Å². The van der Waals surface area contributed by atoms with Crippen molar-refractivity contribution in [3.63, 3.8) is 0 Å². The van der Waals surface area contributed by atoms with E-state index in [4.69, 9.17) is 9.47 Å². The van der Waals surface area contributed by atoms with Crippen molar-refractivity contribution in [3.05, 3.63) is 72.2 Å². The topological polar surface area (TPSA) is 89.8 Å². The Morgan fingerprint density at radius 2 is 1.97 bits per heavy atom. The molecule has 4 aromatic rings. The second kappa shape index (κ2) is 11.9. The zero-order valence-corrected chi connectivity index (χ0v) is 21.0. The van der Waals surface area contributed by atoms with Crippen molar-refractivity contribution in [3.8, 4) is 17.0 Å². The summed E-state index contributed by atoms with van der Waals surface area (Å²) in [6.45, 7) is 5.58. The van der Waals surface area contributed by atoms with Crippen LogP contribution >= 0.6 is 12.6 Å². The number of imidazole rings is 1. The third-order valence-corrected chi connectivity index (χ3v) is 5.53. The predicted molar refractivity (Wildman–Crippen MR) is 141 cm³/mol. The molecular weight excluding hydrogens is 481 g/mol. The first-order valence-corrected chi connectivity index (χ1v) is 12.1. The third-order valence-electron chi connectivity index (χ3n) is 5.43. The number of thiol groups is 1. The molecule has 2 aromatic carbocycles. The molecule has 1 amide bonds. The van der Waals surface area contributed by atoms with E-state index in [0.717, 1.165) is 28.9 Å². The maximum atomic E-state index is 13.0. The first kappa shape index (κ1) is 25.5. The summed E-state index contributed by atoms with van der Waals surface area (Å²) in [5.74, 6) is 0.824. The smallest absolute Gasteiger partial charge is 0.283 e. The number of carbonyl (C=O) groups excluding carboxylic acids is 1. The van der Waals surface area contributed by atoms with E-state index in [0.29, 0.717) is 42.5 Å². The molecular formula is C26H28FN5O3S. The lowest BCUT2D eigenvalue weighted by Gasteiger charge is -2.12. The molecule has 1 atom stereocenters. The Morgan fingerprint density at radius 3 is 2.69 bits per heavy atom. The van der Waals surface area contributed by atoms with Crippen molar-refractivity contribution >= 4 is 35.7 Å². The van der Waals surface area contributed by atoms with Crippen LogP contribution in [0.5, 0.6) is 5.75 Å². The van der Waals surface area contributed by atoms with Crippen LogP contribution in [0.15, 0.2) is 61.1 Å². The summed E-state index contributed by atoms with van der Waals surface area (Å²) in [7, 11) is 0. The fourth-order valence-corrected chi connectivity index (χ4v) is 3.87. The van der Waals surface area contributed by atoms with E-state index in [9.17, 15) is 9.18 Å². The molecule has 0 radical (unpaired) electrons. The molecule has 4 rings (SSSR count). The van der Waals surface area contributed by atoms with Gasteiger partial charge in [-0.15, -0.1) is 12.6 Å². The van der Waals surface area contributed by atoms with Gasteiger partial charge in [-0.25, -0.2) is 9.97 Å². The molecule has 0 saturated carbocycles. The van der Waals surface area contributed by atoms with E-state index in [2.05, 4.69) is 33.2 Å². The molecule has 0 fully saturated rings. The van der Waals surface area contributed by atoms with Gasteiger partial charge >= 0.3 is 0 Å². The lowest BCUT2D eigenvalue weighted by Crippen LogP contribution is -2.27. The Morgan fingerprint density at radius 1 is 1.17 bits per heavy atom. The number of hydrogen-bond donors (Lipinski definition) is 3. The molecule has 0 saturated heterocycles. The minimum atomic E-state index is -1.68. The zero-order chi connectivity index (χ0) is 25.5. The number of hydrogen-bond acceptors (Lipinski definition) is 7. The number of amides is 1. The van der Waals surface area contributed by atoms with Crippen LogP contribution in [-0.2, 0) is 4.74 Å². The highest BCUT2D eigenvalue weighted by Gasteiger charge is 2.13. The van der Waals surface area contributed by atoms with Gasteiger partial charge in [0.15, 0.2) is 11.5 Å². The average Bonchev–Trinajstić information content (AvgIpc) is 3.29. The Bertz CT molecular complexity index is 1330. The number of carbonyl (C=O) groups is 1. The minimum Gasteiger partial charge on any atom is -0.451 e. The number of aromatic nitrogens is 3. The van der Waals surface area contributed by atoms with E-state index in [1.807, 2.05) is 48.7 Å². The van der Waals surface area contributed by atoms with Crippen molar-refractivity contribution in [2.24, 2.45) is 0 Å². The first-order chi connectivity index (χ1) is 17.5. The minimum absolute atomic E-state index is 0.134. The van der Waals surface area contributed by atoms with Gasteiger partial charge in [-0.1, -0.05) is 6.92 Å². The molecule has 188 valence electrons. The molecule has 2 heterocycles. The van der Waals surface area contributed by atoms with E-state index in [-0.39, 0.29) is 5.91 Å². The molecule has 1 unspecified atom stereocenters. The van der Waals surface area contributed by atoms with Crippen LogP contribution in [0.4, 0.5) is 15.9 Å². The van der Waals surface area contributed by atoms with Gasteiger partial charge in [0.05, 0.1) is 18.5 Å². The third kappa shape index (κ3) is 6.13. The van der Waals surface area contributed by atoms with E-state index in [1.165, 1.54) is 0 Å². The molecule has 8 nitrogen and oxygen atoms in total. The lowest BCUT2D eigenvalue weighted by molar-refractivity contribution is 0.0915. The largest absolute Gasteiger partial charge is 0.451 e. The number of halogens is 1. The van der Waals surface area contributed by atoms with Gasteiger partial charge in [0.25, 0.3) is 11.6 Å². The number of ether oxygens (including phenoxy) is 2. The number of benzene rings is 2. The summed E-state index contributed by atoms with van der Waals surface area (Å²) < 4.78 is 25.2. The zero-order valence-electron chi connectivity index (χ0n) is 20.1. The van der Waals surface area contributed by atoms with Crippen LogP contribution in [0.2, 0.25) is 0 Å². The second-order valence-electron chi connectivity index (χ2n) is 8.07. The Balaban J connectivity index is 1.48. The average molecular weight is 510 g/mol. The van der Waals surface area contributed by atoms with Crippen LogP contribution in [0.25, 0.3) is 16.9 Å². The summed E-state index contributed by atoms with van der Waals surface area (Å²) in [5, 5.41) is 6.18. The molecule has 10 heteroatoms. The molecule has 36 heavy (non-hydrogen) atoms. The maximum Gasteiger partial charge on any atom is 0.283 e. The Kier molecular flexibility index (Phi) is 8.40. The van der Waals surface area contributed by atoms with Gasteiger partial charge in [-0.05, 0) is 61.4 Å². The highest BCUT2D eigenvalue weighted by atomic mass is 32.1. The Labute approximate surface area is 214 Å². The molecule has 0 aliphatic heterocycles. The lowest BCUT2D eigenvalue weighted by atomic mass is 10.1. The van der Waals surface area contributed by atoms with Crippen molar-refractivity contribution in [2.75, 3.05) is 25.1 Å². The van der Waals surface area contributed by atoms with Gasteiger partial charge in [-0.3, -0.25) is 9.20 Å². The molecule has 2 N–H and O–H groups in total. The number of rotatable bonds is 11. The molecule has 0 aliphatic rings. The Hall–Kier alpha value is -3.63. The fraction of sp³-hybridized carbons (Fsp3) is 0.269. The number of nitrogens with zero attached hydrogens (tertiary/aromatic N) is 3. The molecule has 0 spiro atoms. The summed E-state index contributed by atoms with van der Waals surface area (Å²) in [6.07, 6.45) is 6.20. The highest BCUT2D eigenvalue weighted by Crippen LogP contribution is 2.27. The van der Waals surface area contributed by atoms with Gasteiger partial charge in [-0.2, -0.15) is 4.39 Å². The fourth-order valence-electron chi connectivity index (χ4n) is 3.75. The number of fused-ring (bicyclic) bond motifs is 1. The van der Waals surface area contributed by atoms with Gasteiger partial charge in [0, 0.05) is 42.4 Å². The number of anilines is 2. The van der Waals surface area contributed by atoms with Crippen LogP contribution < -0.4 is 15.4 Å². The molecule has 0 aliphatic carbocycles. The van der Waals surface area contributed by atoms with E-state index in [1.54, 1.807) is 30.6 Å². The van der Waals surface area contributed by atoms with E-state index >= 15 is 0 Å².